The average Bonchev–Trinajstić information content (AvgIpc) is 3.26. The van der Waals surface area contributed by atoms with Crippen LogP contribution in [0.1, 0.15) is 15.9 Å². The zero-order valence-electron chi connectivity index (χ0n) is 15.5. The van der Waals surface area contributed by atoms with Crippen molar-refractivity contribution in [3.8, 4) is 23.0 Å². The molecule has 0 atom stereocenters. The number of aromatic nitrogens is 3. The first-order chi connectivity index (χ1) is 13.6. The molecule has 0 amide bonds. The van der Waals surface area contributed by atoms with E-state index in [0.29, 0.717) is 22.8 Å². The Morgan fingerprint density at radius 2 is 1.54 bits per heavy atom. The lowest BCUT2D eigenvalue weighted by atomic mass is 10.2. The Balaban J connectivity index is 1.79. The third-order valence-corrected chi connectivity index (χ3v) is 3.76. The largest absolute Gasteiger partial charge is 0.493 e. The molecule has 0 spiro atoms. The lowest BCUT2D eigenvalue weighted by Gasteiger charge is -2.11. The first-order valence-corrected chi connectivity index (χ1v) is 8.16. The minimum atomic E-state index is -0.551. The standard InChI is InChI=1S/C19H18N4O5/c1-25-15-7-5-14(9-18(15)27-3)19(24)28-16-6-4-13(8-17(16)26-2)10-22-23-11-20-21-12-23/h4-12H,1-3H3/b22-10-. The molecule has 0 fully saturated rings. The summed E-state index contributed by atoms with van der Waals surface area (Å²) in [6.07, 6.45) is 4.53. The van der Waals surface area contributed by atoms with E-state index in [0.717, 1.165) is 5.56 Å². The second kappa shape index (κ2) is 8.67. The molecule has 9 heteroatoms. The van der Waals surface area contributed by atoms with Crippen LogP contribution in [0, 0.1) is 0 Å². The molecular formula is C19H18N4O5. The van der Waals surface area contributed by atoms with Crippen LogP contribution in [0.3, 0.4) is 0 Å². The molecule has 0 radical (unpaired) electrons. The van der Waals surface area contributed by atoms with Crippen LogP contribution in [-0.2, 0) is 0 Å². The molecule has 0 aliphatic heterocycles. The highest BCUT2D eigenvalue weighted by atomic mass is 16.6. The Labute approximate surface area is 161 Å². The molecule has 1 heterocycles. The van der Waals surface area contributed by atoms with Crippen molar-refractivity contribution in [1.29, 1.82) is 0 Å². The summed E-state index contributed by atoms with van der Waals surface area (Å²) in [4.78, 5) is 12.5. The SMILES string of the molecule is COc1ccc(C(=O)Oc2ccc(/C=N\n3cnnc3)cc2OC)cc1OC. The van der Waals surface area contributed by atoms with Gasteiger partial charge < -0.3 is 18.9 Å². The summed E-state index contributed by atoms with van der Waals surface area (Å²) < 4.78 is 22.6. The molecule has 0 unspecified atom stereocenters. The van der Waals surface area contributed by atoms with E-state index >= 15 is 0 Å². The molecule has 3 aromatic rings. The molecule has 9 nitrogen and oxygen atoms in total. The zero-order valence-corrected chi connectivity index (χ0v) is 15.5. The smallest absolute Gasteiger partial charge is 0.343 e. The van der Waals surface area contributed by atoms with Gasteiger partial charge in [-0.15, -0.1) is 10.2 Å². The maximum absolute atomic E-state index is 12.5. The predicted octanol–water partition coefficient (Wildman–Crippen LogP) is 2.41. The number of nitrogens with zero attached hydrogens (tertiary/aromatic N) is 4. The Morgan fingerprint density at radius 3 is 2.21 bits per heavy atom. The Kier molecular flexibility index (Phi) is 5.85. The van der Waals surface area contributed by atoms with Crippen LogP contribution < -0.4 is 18.9 Å². The molecule has 0 saturated carbocycles. The van der Waals surface area contributed by atoms with Crippen molar-refractivity contribution in [1.82, 2.24) is 14.9 Å². The van der Waals surface area contributed by atoms with Crippen LogP contribution in [0.5, 0.6) is 23.0 Å². The van der Waals surface area contributed by atoms with E-state index in [1.54, 1.807) is 42.6 Å². The number of rotatable bonds is 7. The number of carbonyl (C=O) groups is 1. The molecule has 2 aromatic carbocycles. The molecule has 3 rings (SSSR count). The van der Waals surface area contributed by atoms with E-state index in [4.69, 9.17) is 18.9 Å². The number of carbonyl (C=O) groups excluding carboxylic acids is 1. The third kappa shape index (κ3) is 4.26. The van der Waals surface area contributed by atoms with Crippen LogP contribution in [-0.4, -0.2) is 48.4 Å². The van der Waals surface area contributed by atoms with E-state index in [2.05, 4.69) is 15.3 Å². The normalized spacial score (nSPS) is 10.7. The van der Waals surface area contributed by atoms with Gasteiger partial charge >= 0.3 is 5.97 Å². The molecule has 1 aromatic heterocycles. The highest BCUT2D eigenvalue weighted by molar-refractivity contribution is 5.92. The molecular weight excluding hydrogens is 364 g/mol. The van der Waals surface area contributed by atoms with E-state index in [9.17, 15) is 4.79 Å². The second-order valence-corrected chi connectivity index (χ2v) is 5.46. The lowest BCUT2D eigenvalue weighted by molar-refractivity contribution is 0.0729. The Hall–Kier alpha value is -3.88. The molecule has 28 heavy (non-hydrogen) atoms. The lowest BCUT2D eigenvalue weighted by Crippen LogP contribution is -2.10. The van der Waals surface area contributed by atoms with Gasteiger partial charge in [-0.05, 0) is 42.0 Å². The first kappa shape index (κ1) is 18.9. The van der Waals surface area contributed by atoms with Crippen LogP contribution in [0.25, 0.3) is 0 Å². The first-order valence-electron chi connectivity index (χ1n) is 8.16. The van der Waals surface area contributed by atoms with Crippen LogP contribution in [0.4, 0.5) is 0 Å². The van der Waals surface area contributed by atoms with E-state index < -0.39 is 5.97 Å². The second-order valence-electron chi connectivity index (χ2n) is 5.46. The zero-order chi connectivity index (χ0) is 19.9. The van der Waals surface area contributed by atoms with Gasteiger partial charge in [-0.1, -0.05) is 0 Å². The number of hydrogen-bond acceptors (Lipinski definition) is 8. The van der Waals surface area contributed by atoms with Gasteiger partial charge in [-0.25, -0.2) is 9.47 Å². The summed E-state index contributed by atoms with van der Waals surface area (Å²) in [5.41, 5.74) is 1.06. The average molecular weight is 382 g/mol. The number of esters is 1. The monoisotopic (exact) mass is 382 g/mol. The van der Waals surface area contributed by atoms with Crippen molar-refractivity contribution in [3.05, 3.63) is 60.2 Å². The van der Waals surface area contributed by atoms with Gasteiger partial charge in [0.2, 0.25) is 0 Å². The minimum Gasteiger partial charge on any atom is -0.493 e. The van der Waals surface area contributed by atoms with Crippen molar-refractivity contribution in [2.24, 2.45) is 5.10 Å². The highest BCUT2D eigenvalue weighted by Gasteiger charge is 2.15. The molecule has 0 N–H and O–H groups in total. The molecule has 0 aliphatic carbocycles. The summed E-state index contributed by atoms with van der Waals surface area (Å²) in [6, 6.07) is 9.85. The summed E-state index contributed by atoms with van der Waals surface area (Å²) in [5, 5.41) is 11.5. The number of methoxy groups -OCH3 is 3. The Bertz CT molecular complexity index is 986. The fourth-order valence-electron chi connectivity index (χ4n) is 2.36. The van der Waals surface area contributed by atoms with Crippen LogP contribution in [0.15, 0.2) is 54.2 Å². The van der Waals surface area contributed by atoms with Gasteiger partial charge in [0, 0.05) is 0 Å². The minimum absolute atomic E-state index is 0.281. The van der Waals surface area contributed by atoms with E-state index in [1.165, 1.54) is 38.7 Å². The van der Waals surface area contributed by atoms with Crippen molar-refractivity contribution >= 4 is 12.2 Å². The molecule has 0 bridgehead atoms. The van der Waals surface area contributed by atoms with Crippen molar-refractivity contribution in [2.75, 3.05) is 21.3 Å². The summed E-state index contributed by atoms with van der Waals surface area (Å²) in [6.45, 7) is 0. The predicted molar refractivity (Wildman–Crippen MR) is 101 cm³/mol. The van der Waals surface area contributed by atoms with Gasteiger partial charge in [0.25, 0.3) is 0 Å². The van der Waals surface area contributed by atoms with Crippen molar-refractivity contribution in [2.45, 2.75) is 0 Å². The van der Waals surface area contributed by atoms with Crippen LogP contribution in [0.2, 0.25) is 0 Å². The topological polar surface area (TPSA) is 97.1 Å². The highest BCUT2D eigenvalue weighted by Crippen LogP contribution is 2.31. The fourth-order valence-corrected chi connectivity index (χ4v) is 2.36. The van der Waals surface area contributed by atoms with E-state index in [1.807, 2.05) is 0 Å². The summed E-state index contributed by atoms with van der Waals surface area (Å²) in [5.74, 6) is 1.08. The fraction of sp³-hybridized carbons (Fsp3) is 0.158. The van der Waals surface area contributed by atoms with Crippen LogP contribution >= 0.6 is 0 Å². The quantitative estimate of drug-likeness (QED) is 0.352. The van der Waals surface area contributed by atoms with Gasteiger partial charge in [0.05, 0.1) is 33.1 Å². The molecule has 0 saturated heterocycles. The van der Waals surface area contributed by atoms with E-state index in [-0.39, 0.29) is 5.75 Å². The van der Waals surface area contributed by atoms with Gasteiger partial charge in [0.1, 0.15) is 12.7 Å². The van der Waals surface area contributed by atoms with Gasteiger partial charge in [0.15, 0.2) is 23.0 Å². The van der Waals surface area contributed by atoms with Gasteiger partial charge in [-0.2, -0.15) is 5.10 Å². The Morgan fingerprint density at radius 1 is 0.893 bits per heavy atom. The summed E-state index contributed by atoms with van der Waals surface area (Å²) >= 11 is 0. The van der Waals surface area contributed by atoms with Crippen molar-refractivity contribution < 1.29 is 23.7 Å². The number of benzene rings is 2. The molecule has 0 aliphatic rings. The maximum atomic E-state index is 12.5. The third-order valence-electron chi connectivity index (χ3n) is 3.76. The van der Waals surface area contributed by atoms with Crippen molar-refractivity contribution in [3.63, 3.8) is 0 Å². The van der Waals surface area contributed by atoms with Gasteiger partial charge in [-0.3, -0.25) is 0 Å². The summed E-state index contributed by atoms with van der Waals surface area (Å²) in [7, 11) is 4.51. The molecule has 144 valence electrons. The number of ether oxygens (including phenoxy) is 4. The number of hydrogen-bond donors (Lipinski definition) is 0. The maximum Gasteiger partial charge on any atom is 0.343 e.